The summed E-state index contributed by atoms with van der Waals surface area (Å²) in [4.78, 5) is 13.2. The molecule has 0 unspecified atom stereocenters. The van der Waals surface area contributed by atoms with Crippen molar-refractivity contribution < 1.29 is 4.79 Å². The van der Waals surface area contributed by atoms with Crippen molar-refractivity contribution in [2.45, 2.75) is 31.6 Å². The van der Waals surface area contributed by atoms with Gasteiger partial charge in [0.25, 0.3) is 5.91 Å². The van der Waals surface area contributed by atoms with Crippen LogP contribution in [0, 0.1) is 0 Å². The largest absolute Gasteiger partial charge is 0.321 e. The Morgan fingerprint density at radius 3 is 2.05 bits per heavy atom. The fourth-order valence-electron chi connectivity index (χ4n) is 2.20. The molecule has 0 heterocycles. The van der Waals surface area contributed by atoms with Crippen LogP contribution in [0.2, 0.25) is 0 Å². The minimum Gasteiger partial charge on any atom is -0.321 e. The highest BCUT2D eigenvalue weighted by Crippen LogP contribution is 2.23. The van der Waals surface area contributed by atoms with Gasteiger partial charge in [0.05, 0.1) is 0 Å². The van der Waals surface area contributed by atoms with Gasteiger partial charge in [-0.05, 0) is 48.2 Å². The zero-order valence-electron chi connectivity index (χ0n) is 11.8. The van der Waals surface area contributed by atoms with E-state index >= 15 is 0 Å². The molecule has 1 amide bonds. The van der Waals surface area contributed by atoms with E-state index < -0.39 is 0 Å². The Morgan fingerprint density at radius 1 is 1.00 bits per heavy atom. The van der Waals surface area contributed by atoms with Crippen LogP contribution in [-0.2, 0) is 12.8 Å². The van der Waals surface area contributed by atoms with Gasteiger partial charge in [-0.2, -0.15) is 0 Å². The first kappa shape index (κ1) is 14.7. The third-order valence-corrected chi connectivity index (χ3v) is 3.67. The average Bonchev–Trinajstić information content (AvgIpc) is 2.48. The summed E-state index contributed by atoms with van der Waals surface area (Å²) in [5, 5.41) is 3.05. The summed E-state index contributed by atoms with van der Waals surface area (Å²) in [5.41, 5.74) is 3.94. The molecular weight excluding hydrogens is 266 g/mol. The highest BCUT2D eigenvalue weighted by molar-refractivity contribution is 7.80. The van der Waals surface area contributed by atoms with Crippen LogP contribution in [0.3, 0.4) is 0 Å². The summed E-state index contributed by atoms with van der Waals surface area (Å²) >= 11 is 4.23. The van der Waals surface area contributed by atoms with E-state index in [1.54, 1.807) is 12.1 Å². The zero-order valence-corrected chi connectivity index (χ0v) is 12.7. The van der Waals surface area contributed by atoms with Crippen LogP contribution < -0.4 is 5.32 Å². The second kappa shape index (κ2) is 6.62. The molecule has 3 heteroatoms. The van der Waals surface area contributed by atoms with Crippen molar-refractivity contribution in [3.05, 3.63) is 59.2 Å². The van der Waals surface area contributed by atoms with E-state index in [1.807, 2.05) is 18.2 Å². The molecule has 0 atom stereocenters. The molecule has 0 aliphatic heterocycles. The lowest BCUT2D eigenvalue weighted by molar-refractivity contribution is 0.102. The molecule has 104 valence electrons. The first-order valence-electron chi connectivity index (χ1n) is 6.86. The number of hydrogen-bond donors (Lipinski definition) is 2. The molecule has 2 nitrogen and oxygen atoms in total. The van der Waals surface area contributed by atoms with Crippen molar-refractivity contribution in [3.63, 3.8) is 0 Å². The second-order valence-electron chi connectivity index (χ2n) is 4.66. The Hall–Kier alpha value is -1.74. The Kier molecular flexibility index (Phi) is 4.85. The van der Waals surface area contributed by atoms with Crippen LogP contribution in [0.5, 0.6) is 0 Å². The minimum absolute atomic E-state index is 0.0751. The maximum absolute atomic E-state index is 12.3. The third kappa shape index (κ3) is 3.23. The SMILES string of the molecule is CCc1cccc(CC)c1NC(=O)c1ccc(S)cc1. The van der Waals surface area contributed by atoms with Crippen LogP contribution in [0.25, 0.3) is 0 Å². The molecule has 0 spiro atoms. The highest BCUT2D eigenvalue weighted by atomic mass is 32.1. The number of aryl methyl sites for hydroxylation is 2. The number of nitrogens with one attached hydrogen (secondary N) is 1. The van der Waals surface area contributed by atoms with Gasteiger partial charge in [-0.15, -0.1) is 12.6 Å². The predicted molar refractivity (Wildman–Crippen MR) is 86.8 cm³/mol. The summed E-state index contributed by atoms with van der Waals surface area (Å²) < 4.78 is 0. The molecule has 2 rings (SSSR count). The van der Waals surface area contributed by atoms with Gasteiger partial charge in [0, 0.05) is 16.1 Å². The summed E-state index contributed by atoms with van der Waals surface area (Å²) in [6, 6.07) is 13.4. The van der Waals surface area contributed by atoms with Crippen LogP contribution in [0.4, 0.5) is 5.69 Å². The van der Waals surface area contributed by atoms with Gasteiger partial charge in [-0.3, -0.25) is 4.79 Å². The van der Waals surface area contributed by atoms with Crippen molar-refractivity contribution in [2.24, 2.45) is 0 Å². The molecule has 2 aromatic rings. The summed E-state index contributed by atoms with van der Waals surface area (Å²) in [6.07, 6.45) is 1.80. The molecule has 0 aromatic heterocycles. The number of thiol groups is 1. The van der Waals surface area contributed by atoms with E-state index in [-0.39, 0.29) is 5.91 Å². The van der Waals surface area contributed by atoms with Crippen LogP contribution in [-0.4, -0.2) is 5.91 Å². The fourth-order valence-corrected chi connectivity index (χ4v) is 2.35. The number of hydrogen-bond acceptors (Lipinski definition) is 2. The lowest BCUT2D eigenvalue weighted by Gasteiger charge is -2.14. The summed E-state index contributed by atoms with van der Waals surface area (Å²) in [6.45, 7) is 4.19. The van der Waals surface area contributed by atoms with Gasteiger partial charge >= 0.3 is 0 Å². The van der Waals surface area contributed by atoms with E-state index in [4.69, 9.17) is 0 Å². The normalized spacial score (nSPS) is 10.3. The molecule has 0 aliphatic carbocycles. The quantitative estimate of drug-likeness (QED) is 0.803. The van der Waals surface area contributed by atoms with Crippen LogP contribution in [0.1, 0.15) is 35.3 Å². The van der Waals surface area contributed by atoms with E-state index in [0.29, 0.717) is 5.56 Å². The second-order valence-corrected chi connectivity index (χ2v) is 5.18. The van der Waals surface area contributed by atoms with Crippen LogP contribution >= 0.6 is 12.6 Å². The molecule has 0 radical (unpaired) electrons. The highest BCUT2D eigenvalue weighted by Gasteiger charge is 2.11. The summed E-state index contributed by atoms with van der Waals surface area (Å²) in [7, 11) is 0. The van der Waals surface area contributed by atoms with Gasteiger partial charge in [0.15, 0.2) is 0 Å². The maximum Gasteiger partial charge on any atom is 0.255 e. The average molecular weight is 285 g/mol. The number of amides is 1. The standard InChI is InChI=1S/C17H19NOS/c1-3-12-6-5-7-13(4-2)16(12)18-17(19)14-8-10-15(20)11-9-14/h5-11,20H,3-4H2,1-2H3,(H,18,19). The van der Waals surface area contributed by atoms with Gasteiger partial charge < -0.3 is 5.32 Å². The molecule has 0 saturated carbocycles. The molecule has 0 saturated heterocycles. The van der Waals surface area contributed by atoms with E-state index in [1.165, 1.54) is 11.1 Å². The Bertz CT molecular complexity index is 583. The van der Waals surface area contributed by atoms with Crippen molar-refractivity contribution >= 4 is 24.2 Å². The smallest absolute Gasteiger partial charge is 0.255 e. The number of anilines is 1. The van der Waals surface area contributed by atoms with Crippen molar-refractivity contribution in [3.8, 4) is 0 Å². The van der Waals surface area contributed by atoms with Gasteiger partial charge in [-0.1, -0.05) is 32.0 Å². The molecule has 1 N–H and O–H groups in total. The number of benzene rings is 2. The predicted octanol–water partition coefficient (Wildman–Crippen LogP) is 4.35. The van der Waals surface area contributed by atoms with Gasteiger partial charge in [-0.25, -0.2) is 0 Å². The zero-order chi connectivity index (χ0) is 14.5. The first-order valence-corrected chi connectivity index (χ1v) is 7.31. The molecule has 2 aromatic carbocycles. The first-order chi connectivity index (χ1) is 9.65. The Labute approximate surface area is 125 Å². The molecule has 0 aliphatic rings. The lowest BCUT2D eigenvalue weighted by atomic mass is 10.0. The number of carbonyl (C=O) groups is 1. The molecule has 0 bridgehead atoms. The molecule has 0 fully saturated rings. The van der Waals surface area contributed by atoms with Crippen molar-refractivity contribution in [1.29, 1.82) is 0 Å². The maximum atomic E-state index is 12.3. The van der Waals surface area contributed by atoms with Crippen LogP contribution in [0.15, 0.2) is 47.4 Å². The topological polar surface area (TPSA) is 29.1 Å². The van der Waals surface area contributed by atoms with Crippen molar-refractivity contribution in [2.75, 3.05) is 5.32 Å². The Balaban J connectivity index is 2.29. The van der Waals surface area contributed by atoms with Gasteiger partial charge in [0.2, 0.25) is 0 Å². The fraction of sp³-hybridized carbons (Fsp3) is 0.235. The third-order valence-electron chi connectivity index (χ3n) is 3.37. The van der Waals surface area contributed by atoms with Gasteiger partial charge in [0.1, 0.15) is 0 Å². The van der Waals surface area contributed by atoms with E-state index in [9.17, 15) is 4.79 Å². The minimum atomic E-state index is -0.0751. The number of carbonyl (C=O) groups excluding carboxylic acids is 1. The van der Waals surface area contributed by atoms with Crippen molar-refractivity contribution in [1.82, 2.24) is 0 Å². The van der Waals surface area contributed by atoms with E-state index in [2.05, 4.69) is 43.9 Å². The lowest BCUT2D eigenvalue weighted by Crippen LogP contribution is -2.14. The molecule has 20 heavy (non-hydrogen) atoms. The number of para-hydroxylation sites is 1. The molecular formula is C17H19NOS. The Morgan fingerprint density at radius 2 is 1.55 bits per heavy atom. The monoisotopic (exact) mass is 285 g/mol. The van der Waals surface area contributed by atoms with E-state index in [0.717, 1.165) is 23.4 Å². The number of rotatable bonds is 4. The summed E-state index contributed by atoms with van der Waals surface area (Å²) in [5.74, 6) is -0.0751.